The zero-order chi connectivity index (χ0) is 12.2. The van der Waals surface area contributed by atoms with Gasteiger partial charge in [-0.3, -0.25) is 4.79 Å². The summed E-state index contributed by atoms with van der Waals surface area (Å²) < 4.78 is 30.0. The van der Waals surface area contributed by atoms with Crippen molar-refractivity contribution in [2.45, 2.75) is 32.8 Å². The minimum Gasteiger partial charge on any atom is -0.370 e. The maximum absolute atomic E-state index is 11.6. The van der Waals surface area contributed by atoms with Gasteiger partial charge in [-0.2, -0.15) is 0 Å². The Balaban J connectivity index is 2.37. The minimum atomic E-state index is -3.07. The normalized spacial score (nSPS) is 19.9. The van der Waals surface area contributed by atoms with Crippen molar-refractivity contribution >= 4 is 15.8 Å². The first-order valence-corrected chi connectivity index (χ1v) is 7.15. The summed E-state index contributed by atoms with van der Waals surface area (Å²) in [6.45, 7) is 4.26. The molecular formula is C10H19NO4S. The van der Waals surface area contributed by atoms with Crippen molar-refractivity contribution in [3.05, 3.63) is 0 Å². The van der Waals surface area contributed by atoms with E-state index in [1.807, 2.05) is 0 Å². The summed E-state index contributed by atoms with van der Waals surface area (Å²) in [6.07, 6.45) is 1.37. The highest BCUT2D eigenvalue weighted by molar-refractivity contribution is 7.89. The predicted molar refractivity (Wildman–Crippen MR) is 60.7 cm³/mol. The molecule has 0 aromatic heterocycles. The third-order valence-electron chi connectivity index (χ3n) is 2.68. The molecule has 1 fully saturated rings. The molecule has 1 aliphatic heterocycles. The molecule has 0 radical (unpaired) electrons. The van der Waals surface area contributed by atoms with Crippen LogP contribution < -0.4 is 0 Å². The maximum Gasteiger partial charge on any atom is 0.213 e. The van der Waals surface area contributed by atoms with Crippen LogP contribution in [0, 0.1) is 0 Å². The summed E-state index contributed by atoms with van der Waals surface area (Å²) in [4.78, 5) is 10.7. The van der Waals surface area contributed by atoms with Crippen LogP contribution >= 0.6 is 0 Å². The fourth-order valence-corrected chi connectivity index (χ4v) is 2.83. The van der Waals surface area contributed by atoms with Gasteiger partial charge in [0, 0.05) is 13.1 Å². The number of carbonyl (C=O) groups is 1. The van der Waals surface area contributed by atoms with E-state index in [1.165, 1.54) is 11.2 Å². The second-order valence-corrected chi connectivity index (χ2v) is 6.27. The molecule has 0 aromatic rings. The number of hydrogen-bond acceptors (Lipinski definition) is 4. The van der Waals surface area contributed by atoms with Crippen LogP contribution in [0.5, 0.6) is 0 Å². The van der Waals surface area contributed by atoms with E-state index in [9.17, 15) is 13.2 Å². The Morgan fingerprint density at radius 1 is 1.38 bits per heavy atom. The highest BCUT2D eigenvalue weighted by Crippen LogP contribution is 2.16. The van der Waals surface area contributed by atoms with Gasteiger partial charge in [0.1, 0.15) is 6.61 Å². The molecule has 1 saturated heterocycles. The highest BCUT2D eigenvalue weighted by Gasteiger charge is 2.26. The topological polar surface area (TPSA) is 63.7 Å². The highest BCUT2D eigenvalue weighted by atomic mass is 32.2. The van der Waals surface area contributed by atoms with Gasteiger partial charge in [0.2, 0.25) is 10.0 Å². The molecule has 0 atom stereocenters. The average molecular weight is 249 g/mol. The fraction of sp³-hybridized carbons (Fsp3) is 0.900. The van der Waals surface area contributed by atoms with Crippen molar-refractivity contribution in [2.24, 2.45) is 0 Å². The van der Waals surface area contributed by atoms with Crippen molar-refractivity contribution in [1.29, 1.82) is 0 Å². The third kappa shape index (κ3) is 3.84. The Morgan fingerprint density at radius 3 is 2.38 bits per heavy atom. The van der Waals surface area contributed by atoms with Crippen molar-refractivity contribution in [1.82, 2.24) is 4.31 Å². The molecule has 0 aliphatic carbocycles. The van der Waals surface area contributed by atoms with E-state index in [2.05, 4.69) is 0 Å². The molecule has 0 saturated carbocycles. The summed E-state index contributed by atoms with van der Waals surface area (Å²) in [5.74, 6) is 0.148. The van der Waals surface area contributed by atoms with Crippen LogP contribution in [0.3, 0.4) is 0 Å². The number of ether oxygens (including phenoxy) is 1. The van der Waals surface area contributed by atoms with E-state index in [0.717, 1.165) is 0 Å². The summed E-state index contributed by atoms with van der Waals surface area (Å²) in [5, 5.41) is 0. The molecule has 0 spiro atoms. The smallest absolute Gasteiger partial charge is 0.213 e. The van der Waals surface area contributed by atoms with Gasteiger partial charge in [-0.15, -0.1) is 0 Å². The lowest BCUT2D eigenvalue weighted by Gasteiger charge is -2.30. The van der Waals surface area contributed by atoms with Crippen LogP contribution in [0.25, 0.3) is 0 Å². The Labute approximate surface area is 96.8 Å². The minimum absolute atomic E-state index is 0.00334. The van der Waals surface area contributed by atoms with Crippen molar-refractivity contribution < 1.29 is 17.9 Å². The zero-order valence-electron chi connectivity index (χ0n) is 9.81. The van der Waals surface area contributed by atoms with E-state index in [0.29, 0.717) is 25.9 Å². The van der Waals surface area contributed by atoms with Crippen molar-refractivity contribution in [3.8, 4) is 0 Å². The second-order valence-electron chi connectivity index (χ2n) is 4.01. The standard InChI is InChI=1S/C10H19NO4S/c1-3-16(13,14)11-6-4-10(5-7-11)15-8-9(2)12/h10H,3-8H2,1-2H3. The fourth-order valence-electron chi connectivity index (χ4n) is 1.69. The molecule has 0 amide bonds. The van der Waals surface area contributed by atoms with Gasteiger partial charge in [0.15, 0.2) is 5.78 Å². The molecule has 94 valence electrons. The number of rotatable bonds is 5. The number of nitrogens with zero attached hydrogens (tertiary/aromatic N) is 1. The number of carbonyl (C=O) groups excluding carboxylic acids is 1. The van der Waals surface area contributed by atoms with E-state index < -0.39 is 10.0 Å². The predicted octanol–water partition coefficient (Wildman–Crippen LogP) is 0.406. The number of piperidine rings is 1. The molecule has 1 aliphatic rings. The van der Waals surface area contributed by atoms with Crippen LogP contribution in [0.4, 0.5) is 0 Å². The summed E-state index contributed by atoms with van der Waals surface area (Å²) in [7, 11) is -3.07. The lowest BCUT2D eigenvalue weighted by Crippen LogP contribution is -2.41. The van der Waals surface area contributed by atoms with Gasteiger partial charge in [-0.05, 0) is 26.7 Å². The molecule has 0 unspecified atom stereocenters. The lowest BCUT2D eigenvalue weighted by atomic mass is 10.1. The Bertz CT molecular complexity index is 331. The van der Waals surface area contributed by atoms with E-state index in [1.54, 1.807) is 6.92 Å². The molecule has 16 heavy (non-hydrogen) atoms. The SMILES string of the molecule is CCS(=O)(=O)N1CCC(OCC(C)=O)CC1. The Kier molecular flexibility index (Phi) is 4.89. The second kappa shape index (κ2) is 5.75. The molecule has 0 N–H and O–H groups in total. The number of ketones is 1. The van der Waals surface area contributed by atoms with Crippen molar-refractivity contribution in [3.63, 3.8) is 0 Å². The summed E-state index contributed by atoms with van der Waals surface area (Å²) >= 11 is 0. The molecule has 1 rings (SSSR count). The summed E-state index contributed by atoms with van der Waals surface area (Å²) in [6, 6.07) is 0. The van der Waals surface area contributed by atoms with Crippen LogP contribution in [-0.4, -0.2) is 50.1 Å². The van der Waals surface area contributed by atoms with Crippen LogP contribution in [0.15, 0.2) is 0 Å². The summed E-state index contributed by atoms with van der Waals surface area (Å²) in [5.41, 5.74) is 0. The molecular weight excluding hydrogens is 230 g/mol. The van der Waals surface area contributed by atoms with Gasteiger partial charge in [0.25, 0.3) is 0 Å². The molecule has 6 heteroatoms. The molecule has 0 aromatic carbocycles. The number of sulfonamides is 1. The Hall–Kier alpha value is -0.460. The Morgan fingerprint density at radius 2 is 1.94 bits per heavy atom. The first-order chi connectivity index (χ1) is 7.45. The first kappa shape index (κ1) is 13.6. The maximum atomic E-state index is 11.6. The first-order valence-electron chi connectivity index (χ1n) is 5.54. The quantitative estimate of drug-likeness (QED) is 0.708. The molecule has 5 nitrogen and oxygen atoms in total. The monoisotopic (exact) mass is 249 g/mol. The van der Waals surface area contributed by atoms with Crippen LogP contribution in [0.1, 0.15) is 26.7 Å². The van der Waals surface area contributed by atoms with Gasteiger partial charge in [-0.25, -0.2) is 12.7 Å². The number of Topliss-reactive ketones (excluding diaryl/α,β-unsaturated/α-hetero) is 1. The van der Waals surface area contributed by atoms with Gasteiger partial charge in [-0.1, -0.05) is 0 Å². The third-order valence-corrected chi connectivity index (χ3v) is 4.56. The molecule has 0 bridgehead atoms. The van der Waals surface area contributed by atoms with Crippen molar-refractivity contribution in [2.75, 3.05) is 25.4 Å². The van der Waals surface area contributed by atoms with Crippen LogP contribution in [0.2, 0.25) is 0 Å². The number of hydrogen-bond donors (Lipinski definition) is 0. The van der Waals surface area contributed by atoms with Gasteiger partial charge < -0.3 is 4.74 Å². The lowest BCUT2D eigenvalue weighted by molar-refractivity contribution is -0.124. The molecule has 1 heterocycles. The van der Waals surface area contributed by atoms with Gasteiger partial charge >= 0.3 is 0 Å². The van der Waals surface area contributed by atoms with E-state index in [-0.39, 0.29) is 24.2 Å². The average Bonchev–Trinajstić information content (AvgIpc) is 2.27. The van der Waals surface area contributed by atoms with E-state index in [4.69, 9.17) is 4.74 Å². The van der Waals surface area contributed by atoms with E-state index >= 15 is 0 Å². The largest absolute Gasteiger partial charge is 0.370 e. The van der Waals surface area contributed by atoms with Gasteiger partial charge in [0.05, 0.1) is 11.9 Å². The zero-order valence-corrected chi connectivity index (χ0v) is 10.6. The van der Waals surface area contributed by atoms with Crippen LogP contribution in [-0.2, 0) is 19.6 Å².